The number of hydrogen-bond acceptors (Lipinski definition) is 3. The molecule has 4 heteroatoms. The van der Waals surface area contributed by atoms with Crippen molar-refractivity contribution in [1.82, 2.24) is 10.3 Å². The van der Waals surface area contributed by atoms with E-state index in [9.17, 15) is 4.79 Å². The third-order valence-electron chi connectivity index (χ3n) is 3.63. The Kier molecular flexibility index (Phi) is 7.21. The Morgan fingerprint density at radius 3 is 2.94 bits per heavy atom. The predicted molar refractivity (Wildman–Crippen MR) is 70.3 cm³/mol. The normalized spacial score (nSPS) is 21.4. The quantitative estimate of drug-likeness (QED) is 0.309. The molecule has 0 saturated carbocycles. The van der Waals surface area contributed by atoms with Crippen LogP contribution in [0, 0.1) is 0 Å². The van der Waals surface area contributed by atoms with Crippen molar-refractivity contribution >= 4 is 5.91 Å². The van der Waals surface area contributed by atoms with Gasteiger partial charge in [-0.2, -0.15) is 0 Å². The van der Waals surface area contributed by atoms with Crippen LogP contribution in [-0.2, 0) is 4.79 Å². The van der Waals surface area contributed by atoms with E-state index in [4.69, 9.17) is 5.84 Å². The van der Waals surface area contributed by atoms with Crippen LogP contribution in [0.3, 0.4) is 0 Å². The van der Waals surface area contributed by atoms with Gasteiger partial charge in [-0.3, -0.25) is 10.2 Å². The Labute approximate surface area is 105 Å². The standard InChI is InChI=1S/C13H27N3O/c1-2-7-12-8-3-5-10-16(12)11-6-4-9-13(17)15-14/h12H,2-11,14H2,1H3,(H,15,17). The molecule has 1 fully saturated rings. The zero-order valence-electron chi connectivity index (χ0n) is 11.1. The number of carbonyl (C=O) groups excluding carboxylic acids is 1. The molecule has 17 heavy (non-hydrogen) atoms. The molecule has 1 rings (SSSR count). The SMILES string of the molecule is CCCC1CCCCN1CCCCC(=O)NN. The second kappa shape index (κ2) is 8.48. The average Bonchev–Trinajstić information content (AvgIpc) is 2.36. The number of hydrazine groups is 1. The molecule has 100 valence electrons. The first-order valence-corrected chi connectivity index (χ1v) is 7.01. The van der Waals surface area contributed by atoms with Crippen LogP contribution in [0.15, 0.2) is 0 Å². The molecular weight excluding hydrogens is 214 g/mol. The van der Waals surface area contributed by atoms with Crippen molar-refractivity contribution in [3.8, 4) is 0 Å². The van der Waals surface area contributed by atoms with Crippen LogP contribution in [0.5, 0.6) is 0 Å². The van der Waals surface area contributed by atoms with Crippen molar-refractivity contribution < 1.29 is 4.79 Å². The highest BCUT2D eigenvalue weighted by atomic mass is 16.2. The molecule has 1 amide bonds. The summed E-state index contributed by atoms with van der Waals surface area (Å²) >= 11 is 0. The van der Waals surface area contributed by atoms with Crippen LogP contribution in [0.25, 0.3) is 0 Å². The number of hydrogen-bond donors (Lipinski definition) is 2. The molecule has 1 atom stereocenters. The maximum atomic E-state index is 11.0. The summed E-state index contributed by atoms with van der Waals surface area (Å²) in [6.45, 7) is 4.65. The van der Waals surface area contributed by atoms with Crippen molar-refractivity contribution in [1.29, 1.82) is 0 Å². The molecule has 0 aromatic heterocycles. The smallest absolute Gasteiger partial charge is 0.233 e. The first-order chi connectivity index (χ1) is 8.27. The fraction of sp³-hybridized carbons (Fsp3) is 0.923. The molecule has 0 bridgehead atoms. The number of carbonyl (C=O) groups is 1. The molecule has 1 unspecified atom stereocenters. The number of nitrogens with two attached hydrogens (primary N) is 1. The van der Waals surface area contributed by atoms with E-state index in [0.29, 0.717) is 6.42 Å². The van der Waals surface area contributed by atoms with Gasteiger partial charge in [0.15, 0.2) is 0 Å². The highest BCUT2D eigenvalue weighted by Crippen LogP contribution is 2.21. The van der Waals surface area contributed by atoms with Gasteiger partial charge < -0.3 is 4.90 Å². The van der Waals surface area contributed by atoms with Crippen LogP contribution < -0.4 is 11.3 Å². The number of rotatable bonds is 7. The minimum Gasteiger partial charge on any atom is -0.300 e. The van der Waals surface area contributed by atoms with Crippen molar-refractivity contribution in [3.05, 3.63) is 0 Å². The number of nitrogens with zero attached hydrogens (tertiary/aromatic N) is 1. The maximum absolute atomic E-state index is 11.0. The number of likely N-dealkylation sites (tertiary alicyclic amines) is 1. The second-order valence-electron chi connectivity index (χ2n) is 5.00. The molecule has 0 spiro atoms. The third-order valence-corrected chi connectivity index (χ3v) is 3.63. The topological polar surface area (TPSA) is 58.4 Å². The molecule has 0 aliphatic carbocycles. The molecule has 0 aromatic carbocycles. The Bertz CT molecular complexity index is 219. The highest BCUT2D eigenvalue weighted by Gasteiger charge is 2.20. The minimum absolute atomic E-state index is 0.0475. The lowest BCUT2D eigenvalue weighted by atomic mass is 9.98. The fourth-order valence-corrected chi connectivity index (χ4v) is 2.69. The van der Waals surface area contributed by atoms with Gasteiger partial charge >= 0.3 is 0 Å². The highest BCUT2D eigenvalue weighted by molar-refractivity contribution is 5.75. The number of piperidine rings is 1. The molecule has 0 radical (unpaired) electrons. The number of unbranched alkanes of at least 4 members (excludes halogenated alkanes) is 1. The van der Waals surface area contributed by atoms with E-state index in [1.807, 2.05) is 0 Å². The van der Waals surface area contributed by atoms with Gasteiger partial charge in [-0.05, 0) is 45.2 Å². The summed E-state index contributed by atoms with van der Waals surface area (Å²) in [6, 6.07) is 0.789. The lowest BCUT2D eigenvalue weighted by Crippen LogP contribution is -2.40. The fourth-order valence-electron chi connectivity index (χ4n) is 2.69. The minimum atomic E-state index is -0.0475. The van der Waals surface area contributed by atoms with Crippen LogP contribution >= 0.6 is 0 Å². The zero-order chi connectivity index (χ0) is 12.5. The lowest BCUT2D eigenvalue weighted by molar-refractivity contribution is -0.121. The maximum Gasteiger partial charge on any atom is 0.233 e. The van der Waals surface area contributed by atoms with Gasteiger partial charge in [0.2, 0.25) is 5.91 Å². The number of nitrogens with one attached hydrogen (secondary N) is 1. The van der Waals surface area contributed by atoms with Gasteiger partial charge in [-0.25, -0.2) is 5.84 Å². The Hall–Kier alpha value is -0.610. The Balaban J connectivity index is 2.16. The molecular formula is C13H27N3O. The second-order valence-corrected chi connectivity index (χ2v) is 5.00. The average molecular weight is 241 g/mol. The van der Waals surface area contributed by atoms with E-state index in [1.165, 1.54) is 38.6 Å². The van der Waals surface area contributed by atoms with Gasteiger partial charge in [0, 0.05) is 12.5 Å². The summed E-state index contributed by atoms with van der Waals surface area (Å²) in [5, 5.41) is 0. The third kappa shape index (κ3) is 5.50. The molecule has 1 aliphatic rings. The van der Waals surface area contributed by atoms with Crippen LogP contribution in [0.1, 0.15) is 58.3 Å². The van der Waals surface area contributed by atoms with Crippen LogP contribution in [0.4, 0.5) is 0 Å². The predicted octanol–water partition coefficient (Wildman–Crippen LogP) is 1.80. The molecule has 4 nitrogen and oxygen atoms in total. The van der Waals surface area contributed by atoms with Crippen molar-refractivity contribution in [2.24, 2.45) is 5.84 Å². The summed E-state index contributed by atoms with van der Waals surface area (Å²) in [5.41, 5.74) is 2.18. The van der Waals surface area contributed by atoms with Gasteiger partial charge in [0.1, 0.15) is 0 Å². The Morgan fingerprint density at radius 2 is 2.24 bits per heavy atom. The van der Waals surface area contributed by atoms with Crippen molar-refractivity contribution in [3.63, 3.8) is 0 Å². The monoisotopic (exact) mass is 241 g/mol. The van der Waals surface area contributed by atoms with Gasteiger partial charge in [-0.1, -0.05) is 19.8 Å². The first-order valence-electron chi connectivity index (χ1n) is 7.01. The Morgan fingerprint density at radius 1 is 1.41 bits per heavy atom. The van der Waals surface area contributed by atoms with E-state index >= 15 is 0 Å². The van der Waals surface area contributed by atoms with E-state index < -0.39 is 0 Å². The molecule has 1 heterocycles. The van der Waals surface area contributed by atoms with E-state index in [0.717, 1.165) is 25.4 Å². The molecule has 1 saturated heterocycles. The van der Waals surface area contributed by atoms with Crippen LogP contribution in [0.2, 0.25) is 0 Å². The van der Waals surface area contributed by atoms with Crippen molar-refractivity contribution in [2.75, 3.05) is 13.1 Å². The molecule has 1 aliphatic heterocycles. The summed E-state index contributed by atoms with van der Waals surface area (Å²) in [4.78, 5) is 13.6. The zero-order valence-corrected chi connectivity index (χ0v) is 11.1. The van der Waals surface area contributed by atoms with E-state index in [1.54, 1.807) is 0 Å². The van der Waals surface area contributed by atoms with Gasteiger partial charge in [0.05, 0.1) is 0 Å². The largest absolute Gasteiger partial charge is 0.300 e. The van der Waals surface area contributed by atoms with E-state index in [-0.39, 0.29) is 5.91 Å². The molecule has 0 aromatic rings. The summed E-state index contributed by atoms with van der Waals surface area (Å²) < 4.78 is 0. The van der Waals surface area contributed by atoms with Crippen molar-refractivity contribution in [2.45, 2.75) is 64.3 Å². The van der Waals surface area contributed by atoms with Crippen LogP contribution in [-0.4, -0.2) is 29.9 Å². The van der Waals surface area contributed by atoms with E-state index in [2.05, 4.69) is 17.2 Å². The van der Waals surface area contributed by atoms with Gasteiger partial charge in [0.25, 0.3) is 0 Å². The van der Waals surface area contributed by atoms with Gasteiger partial charge in [-0.15, -0.1) is 0 Å². The molecule has 3 N–H and O–H groups in total. The summed E-state index contributed by atoms with van der Waals surface area (Å²) in [7, 11) is 0. The number of amides is 1. The summed E-state index contributed by atoms with van der Waals surface area (Å²) in [6.07, 6.45) is 9.28. The first kappa shape index (κ1) is 14.5. The summed E-state index contributed by atoms with van der Waals surface area (Å²) in [5.74, 6) is 5.00. The lowest BCUT2D eigenvalue weighted by Gasteiger charge is -2.35.